The fourth-order valence-corrected chi connectivity index (χ4v) is 2.84. The number of aliphatic hydroxyl groups excluding tert-OH is 1. The Labute approximate surface area is 207 Å². The molecule has 37 heavy (non-hydrogen) atoms. The van der Waals surface area contributed by atoms with E-state index in [1.54, 1.807) is 6.20 Å². The second-order valence-corrected chi connectivity index (χ2v) is 7.94. The van der Waals surface area contributed by atoms with Crippen molar-refractivity contribution in [1.29, 1.82) is 0 Å². The van der Waals surface area contributed by atoms with E-state index in [1.807, 2.05) is 0 Å². The lowest BCUT2D eigenvalue weighted by Gasteiger charge is -2.15. The Kier molecular flexibility index (Phi) is 13.5. The minimum Gasteiger partial charge on any atom is -0.542 e. The first-order valence-corrected chi connectivity index (χ1v) is 10.5. The molecule has 1 heterocycles. The summed E-state index contributed by atoms with van der Waals surface area (Å²) >= 11 is 0. The van der Waals surface area contributed by atoms with Gasteiger partial charge < -0.3 is 52.6 Å². The highest BCUT2D eigenvalue weighted by Gasteiger charge is 2.29. The Morgan fingerprint density at radius 2 is 1.35 bits per heavy atom. The number of rotatable bonds is 13. The van der Waals surface area contributed by atoms with E-state index in [4.69, 9.17) is 42.4 Å². The maximum absolute atomic E-state index is 11.1. The van der Waals surface area contributed by atoms with E-state index in [-0.39, 0.29) is 50.0 Å². The van der Waals surface area contributed by atoms with Gasteiger partial charge in [0.05, 0.1) is 0 Å². The van der Waals surface area contributed by atoms with E-state index < -0.39 is 54.3 Å². The number of nitrogens with zero attached hydrogens (tertiary/aromatic N) is 1. The van der Waals surface area contributed by atoms with Crippen molar-refractivity contribution < 1.29 is 67.6 Å². The normalized spacial score (nSPS) is 14.5. The monoisotopic (exact) mass is 542 g/mol. The zero-order chi connectivity index (χ0) is 29.1. The molecule has 210 valence electrons. The number of aromatic nitrogens is 1. The Hall–Kier alpha value is -3.54. The number of pyridine rings is 1. The van der Waals surface area contributed by atoms with Crippen LogP contribution in [0.25, 0.3) is 0 Å². The number of aliphatic carboxylic acids is 4. The van der Waals surface area contributed by atoms with Crippen LogP contribution in [0.5, 0.6) is 5.75 Å². The van der Waals surface area contributed by atoms with Crippen molar-refractivity contribution in [2.75, 3.05) is 0 Å². The van der Waals surface area contributed by atoms with Gasteiger partial charge in [-0.05, 0) is 25.7 Å². The van der Waals surface area contributed by atoms with Crippen LogP contribution in [0.1, 0.15) is 30.4 Å². The van der Waals surface area contributed by atoms with Crippen LogP contribution >= 0.6 is 0 Å². The lowest BCUT2D eigenvalue weighted by atomic mass is 9.96. The highest BCUT2D eigenvalue weighted by Crippen LogP contribution is 2.22. The molecule has 0 aliphatic rings. The first kappa shape index (κ1) is 33.5. The number of hydrogen-bond donors (Lipinski definition) is 8. The predicted octanol–water partition coefficient (Wildman–Crippen LogP) is -3.17. The molecule has 0 saturated heterocycles. The summed E-state index contributed by atoms with van der Waals surface area (Å²) in [5, 5.41) is 56.1. The summed E-state index contributed by atoms with van der Waals surface area (Å²) in [6, 6.07) is -3.53. The first-order chi connectivity index (χ1) is 16.9. The van der Waals surface area contributed by atoms with Gasteiger partial charge in [-0.15, -0.1) is 0 Å². The van der Waals surface area contributed by atoms with E-state index in [1.165, 1.54) is 10.8 Å². The van der Waals surface area contributed by atoms with Crippen molar-refractivity contribution in [3.05, 3.63) is 23.5 Å². The molecular formula is C20H29F3N4O10. The molecule has 0 aliphatic heterocycles. The smallest absolute Gasteiger partial charge is 0.430 e. The Bertz CT molecular complexity index is 961. The first-order valence-electron chi connectivity index (χ1n) is 10.5. The summed E-state index contributed by atoms with van der Waals surface area (Å²) in [6.07, 6.45) is -3.20. The maximum atomic E-state index is 11.1. The Morgan fingerprint density at radius 1 is 0.892 bits per heavy atom. The van der Waals surface area contributed by atoms with Crippen LogP contribution in [0.15, 0.2) is 12.4 Å². The van der Waals surface area contributed by atoms with Crippen LogP contribution in [-0.2, 0) is 38.6 Å². The summed E-state index contributed by atoms with van der Waals surface area (Å²) in [7, 11) is 0. The van der Waals surface area contributed by atoms with Gasteiger partial charge >= 0.3 is 24.1 Å². The number of carbonyl (C=O) groups excluding carboxylic acids is 1. The molecule has 0 aromatic carbocycles. The zero-order valence-corrected chi connectivity index (χ0v) is 19.3. The lowest BCUT2D eigenvalue weighted by molar-refractivity contribution is -0.704. The standard InChI is InChI=1S/C18H28N4O8.C2HF3O2/c19-12(16(25)26)3-1-9-6-22(7-10(23)2-4-13(20)17(27)28)8-15(24)11(9)5-14(21)18(29)30;3-2(4,5)1(6)7/h6,8,10,12-14,23H,1-5,7,19-21H2,(H3-,24,25,26,27,28,29,30);(H,6,7)/t10-,12+,13+,14+;/m1./s1. The molecule has 0 unspecified atom stereocenters. The molecule has 0 bridgehead atoms. The zero-order valence-electron chi connectivity index (χ0n) is 19.3. The van der Waals surface area contributed by atoms with Gasteiger partial charge in [0.1, 0.15) is 30.2 Å². The van der Waals surface area contributed by atoms with Crippen LogP contribution in [0, 0.1) is 0 Å². The van der Waals surface area contributed by atoms with Crippen molar-refractivity contribution in [1.82, 2.24) is 0 Å². The summed E-state index contributed by atoms with van der Waals surface area (Å²) in [5.41, 5.74) is 17.2. The van der Waals surface area contributed by atoms with Gasteiger partial charge in [-0.1, -0.05) is 0 Å². The molecule has 0 aliphatic carbocycles. The Balaban J connectivity index is 0.00000161. The topological polar surface area (TPSA) is 274 Å². The fourth-order valence-electron chi connectivity index (χ4n) is 2.84. The van der Waals surface area contributed by atoms with Crippen molar-refractivity contribution in [3.63, 3.8) is 0 Å². The minimum absolute atomic E-state index is 0.00312. The van der Waals surface area contributed by atoms with Crippen molar-refractivity contribution >= 4 is 23.9 Å². The molecule has 0 spiro atoms. The van der Waals surface area contributed by atoms with Crippen LogP contribution in [0.3, 0.4) is 0 Å². The quantitative estimate of drug-likeness (QED) is 0.114. The van der Waals surface area contributed by atoms with Crippen molar-refractivity contribution in [2.45, 2.75) is 69.1 Å². The van der Waals surface area contributed by atoms with Crippen LogP contribution < -0.4 is 26.9 Å². The second kappa shape index (κ2) is 14.9. The molecular weight excluding hydrogens is 513 g/mol. The van der Waals surface area contributed by atoms with Gasteiger partial charge in [0.15, 0.2) is 18.5 Å². The number of carbonyl (C=O) groups is 4. The third-order valence-corrected chi connectivity index (χ3v) is 4.87. The molecule has 0 amide bonds. The number of carboxylic acid groups (broad SMARTS) is 4. The molecule has 1 rings (SSSR count). The average molecular weight is 542 g/mol. The van der Waals surface area contributed by atoms with Crippen molar-refractivity contribution in [3.8, 4) is 5.75 Å². The Morgan fingerprint density at radius 3 is 1.78 bits per heavy atom. The highest BCUT2D eigenvalue weighted by molar-refractivity contribution is 5.74. The van der Waals surface area contributed by atoms with Gasteiger partial charge in [-0.25, -0.2) is 0 Å². The van der Waals surface area contributed by atoms with Crippen LogP contribution in [0.2, 0.25) is 0 Å². The lowest BCUT2D eigenvalue weighted by Crippen LogP contribution is -2.41. The third kappa shape index (κ3) is 12.8. The number of aromatic hydroxyl groups is 1. The third-order valence-electron chi connectivity index (χ3n) is 4.87. The van der Waals surface area contributed by atoms with E-state index in [2.05, 4.69) is 0 Å². The highest BCUT2D eigenvalue weighted by atomic mass is 19.4. The summed E-state index contributed by atoms with van der Waals surface area (Å²) in [6.45, 7) is 0.00312. The molecule has 0 fully saturated rings. The van der Waals surface area contributed by atoms with Gasteiger partial charge in [0.25, 0.3) is 0 Å². The fraction of sp³-hybridized carbons (Fsp3) is 0.550. The maximum Gasteiger partial charge on any atom is 0.430 e. The van der Waals surface area contributed by atoms with E-state index in [9.17, 15) is 37.8 Å². The summed E-state index contributed by atoms with van der Waals surface area (Å²) in [4.78, 5) is 41.6. The number of halogens is 3. The van der Waals surface area contributed by atoms with Crippen LogP contribution in [0.4, 0.5) is 13.2 Å². The number of aliphatic hydroxyl groups is 1. The number of nitrogens with two attached hydrogens (primary N) is 3. The molecule has 0 saturated carbocycles. The molecule has 11 N–H and O–H groups in total. The average Bonchev–Trinajstić information content (AvgIpc) is 2.76. The SMILES string of the molecule is N[C@@H](CCc1c[n+](C[C@H](O)CC[C@H](N)C(=O)O)cc(O)c1C[C@H](N)C(=O)O)C(=O)O.O=C([O-])C(F)(F)F. The van der Waals surface area contributed by atoms with E-state index in [0.717, 1.165) is 0 Å². The van der Waals surface area contributed by atoms with E-state index >= 15 is 0 Å². The molecule has 1 aromatic heterocycles. The molecule has 14 nitrogen and oxygen atoms in total. The molecule has 4 atom stereocenters. The van der Waals surface area contributed by atoms with Gasteiger partial charge in [-0.2, -0.15) is 17.7 Å². The largest absolute Gasteiger partial charge is 0.542 e. The van der Waals surface area contributed by atoms with E-state index in [0.29, 0.717) is 5.56 Å². The van der Waals surface area contributed by atoms with Gasteiger partial charge in [0, 0.05) is 17.5 Å². The molecule has 1 aromatic rings. The number of aryl methyl sites for hydroxylation is 1. The number of hydrogen-bond acceptors (Lipinski definition) is 10. The van der Waals surface area contributed by atoms with Gasteiger partial charge in [-0.3, -0.25) is 14.4 Å². The number of carboxylic acids is 4. The molecule has 17 heteroatoms. The second-order valence-electron chi connectivity index (χ2n) is 7.94. The number of alkyl halides is 3. The molecule has 0 radical (unpaired) electrons. The minimum atomic E-state index is -5.19. The predicted molar refractivity (Wildman–Crippen MR) is 113 cm³/mol. The van der Waals surface area contributed by atoms with Crippen molar-refractivity contribution in [2.24, 2.45) is 17.2 Å². The summed E-state index contributed by atoms with van der Waals surface area (Å²) < 4.78 is 33.0. The van der Waals surface area contributed by atoms with Crippen LogP contribution in [-0.4, -0.2) is 79.8 Å². The van der Waals surface area contributed by atoms with Gasteiger partial charge in [0.2, 0.25) is 6.20 Å². The summed E-state index contributed by atoms with van der Waals surface area (Å²) in [5.74, 6) is -6.90.